The maximum Gasteiger partial charge on any atom is 0.136 e. The molecule has 0 spiro atoms. The van der Waals surface area contributed by atoms with Gasteiger partial charge in [0.1, 0.15) is 11.6 Å². The van der Waals surface area contributed by atoms with E-state index in [-0.39, 0.29) is 5.92 Å². The first kappa shape index (κ1) is 20.0. The van der Waals surface area contributed by atoms with E-state index in [1.807, 2.05) is 30.6 Å². The Bertz CT molecular complexity index is 1340. The lowest BCUT2D eigenvalue weighted by Gasteiger charge is -2.33. The Balaban J connectivity index is 1.71. The molecule has 0 amide bonds. The molecule has 0 radical (unpaired) electrons. The van der Waals surface area contributed by atoms with Gasteiger partial charge in [-0.05, 0) is 16.7 Å². The second-order valence-corrected chi connectivity index (χ2v) is 8.15. The Morgan fingerprint density at radius 1 is 0.529 bits per heavy atom. The van der Waals surface area contributed by atoms with Crippen LogP contribution in [0, 0.1) is 0 Å². The van der Waals surface area contributed by atoms with E-state index in [1.54, 1.807) is 12.4 Å². The summed E-state index contributed by atoms with van der Waals surface area (Å²) in [5, 5.41) is 3.80. The van der Waals surface area contributed by atoms with E-state index in [0.29, 0.717) is 0 Å². The third kappa shape index (κ3) is 3.53. The highest BCUT2D eigenvalue weighted by atomic mass is 15.0. The molecule has 0 fully saturated rings. The predicted octanol–water partition coefficient (Wildman–Crippen LogP) is 5.96. The number of aromatic nitrogens is 4. The van der Waals surface area contributed by atoms with E-state index in [9.17, 15) is 0 Å². The first-order valence-corrected chi connectivity index (χ1v) is 11.3. The molecule has 34 heavy (non-hydrogen) atoms. The Morgan fingerprint density at radius 3 is 1.38 bits per heavy atom. The van der Waals surface area contributed by atoms with Crippen LogP contribution in [-0.4, -0.2) is 19.9 Å². The van der Waals surface area contributed by atoms with E-state index in [0.717, 1.165) is 45.3 Å². The molecule has 3 heterocycles. The normalized spacial score (nSPS) is 14.4. The smallest absolute Gasteiger partial charge is 0.136 e. The fourth-order valence-corrected chi connectivity index (χ4v) is 4.67. The van der Waals surface area contributed by atoms with Crippen LogP contribution in [0.15, 0.2) is 116 Å². The van der Waals surface area contributed by atoms with Crippen molar-refractivity contribution < 1.29 is 0 Å². The Morgan fingerprint density at radius 2 is 0.971 bits per heavy atom. The van der Waals surface area contributed by atoms with Gasteiger partial charge >= 0.3 is 0 Å². The summed E-state index contributed by atoms with van der Waals surface area (Å²) in [5.74, 6) is 1.55. The van der Waals surface area contributed by atoms with E-state index in [4.69, 9.17) is 9.97 Å². The zero-order valence-electron chi connectivity index (χ0n) is 18.4. The molecule has 5 heteroatoms. The highest BCUT2D eigenvalue weighted by Crippen LogP contribution is 2.49. The Hall–Kier alpha value is -4.64. The van der Waals surface area contributed by atoms with Crippen LogP contribution in [0.2, 0.25) is 0 Å². The number of hydrogen-bond acceptors (Lipinski definition) is 3. The van der Waals surface area contributed by atoms with Crippen LogP contribution in [0.3, 0.4) is 0 Å². The molecule has 0 unspecified atom stereocenters. The molecule has 0 bridgehead atoms. The number of nitrogens with zero attached hydrogens (tertiary/aromatic N) is 2. The number of aromatic amines is 2. The van der Waals surface area contributed by atoms with Crippen LogP contribution in [0.1, 0.15) is 34.3 Å². The van der Waals surface area contributed by atoms with Crippen molar-refractivity contribution in [3.05, 3.63) is 144 Å². The fraction of sp³-hybridized carbons (Fsp3) is 0.0345. The first-order valence-electron chi connectivity index (χ1n) is 11.3. The number of imidazole rings is 2. The van der Waals surface area contributed by atoms with Gasteiger partial charge in [0.25, 0.3) is 0 Å². The zero-order valence-corrected chi connectivity index (χ0v) is 18.4. The number of rotatable bonds is 5. The van der Waals surface area contributed by atoms with E-state index >= 15 is 0 Å². The average molecular weight is 442 g/mol. The molecular weight excluding hydrogens is 418 g/mol. The average Bonchev–Trinajstić information content (AvgIpc) is 3.64. The molecule has 1 aliphatic heterocycles. The molecule has 0 aliphatic carbocycles. The predicted molar refractivity (Wildman–Crippen MR) is 136 cm³/mol. The van der Waals surface area contributed by atoms with Gasteiger partial charge in [-0.3, -0.25) is 0 Å². The molecule has 5 nitrogen and oxygen atoms in total. The topological polar surface area (TPSA) is 69.4 Å². The summed E-state index contributed by atoms with van der Waals surface area (Å²) in [4.78, 5) is 16.1. The maximum atomic E-state index is 4.70. The van der Waals surface area contributed by atoms with Gasteiger partial charge in [0.15, 0.2) is 0 Å². The fourth-order valence-electron chi connectivity index (χ4n) is 4.67. The van der Waals surface area contributed by atoms with Gasteiger partial charge in [-0.15, -0.1) is 0 Å². The number of allylic oxidation sites excluding steroid dienone is 2. The van der Waals surface area contributed by atoms with Gasteiger partial charge in [0.2, 0.25) is 0 Å². The molecule has 6 rings (SSSR count). The molecule has 1 aliphatic rings. The van der Waals surface area contributed by atoms with Crippen molar-refractivity contribution in [1.82, 2.24) is 25.3 Å². The van der Waals surface area contributed by atoms with Crippen molar-refractivity contribution in [3.63, 3.8) is 0 Å². The van der Waals surface area contributed by atoms with E-state index < -0.39 is 0 Å². The molecule has 2 aromatic heterocycles. The van der Waals surface area contributed by atoms with Gasteiger partial charge in [0.05, 0.1) is 11.4 Å². The second kappa shape index (κ2) is 8.71. The number of nitrogens with one attached hydrogen (secondary N) is 3. The summed E-state index contributed by atoms with van der Waals surface area (Å²) in [6.45, 7) is 0. The summed E-state index contributed by atoms with van der Waals surface area (Å²) < 4.78 is 0. The summed E-state index contributed by atoms with van der Waals surface area (Å²) in [5.41, 5.74) is 7.58. The minimum Gasteiger partial charge on any atom is -0.354 e. The number of hydrogen-bond donors (Lipinski definition) is 3. The summed E-state index contributed by atoms with van der Waals surface area (Å²) >= 11 is 0. The molecule has 0 saturated carbocycles. The molecule has 5 aromatic rings. The monoisotopic (exact) mass is 441 g/mol. The Kier molecular flexibility index (Phi) is 5.13. The lowest BCUT2D eigenvalue weighted by Crippen LogP contribution is -2.25. The third-order valence-corrected chi connectivity index (χ3v) is 6.13. The highest BCUT2D eigenvalue weighted by Gasteiger charge is 2.36. The van der Waals surface area contributed by atoms with Crippen molar-refractivity contribution in [2.75, 3.05) is 0 Å². The molecule has 3 aromatic carbocycles. The lowest BCUT2D eigenvalue weighted by molar-refractivity contribution is 1.01. The summed E-state index contributed by atoms with van der Waals surface area (Å²) in [6.07, 6.45) is 7.35. The SMILES string of the molecule is c1ccc(C2=C(c3ncc[nH]3)C(c3ccccc3)C(c3ncc[nH]3)=C(c3ccccc3)N2)cc1. The van der Waals surface area contributed by atoms with Crippen molar-refractivity contribution in [2.45, 2.75) is 5.92 Å². The van der Waals surface area contributed by atoms with Crippen molar-refractivity contribution in [3.8, 4) is 0 Å². The molecule has 3 N–H and O–H groups in total. The number of benzene rings is 3. The van der Waals surface area contributed by atoms with Crippen LogP contribution in [0.5, 0.6) is 0 Å². The van der Waals surface area contributed by atoms with Gasteiger partial charge in [-0.1, -0.05) is 91.0 Å². The van der Waals surface area contributed by atoms with Crippen molar-refractivity contribution in [1.29, 1.82) is 0 Å². The lowest BCUT2D eigenvalue weighted by atomic mass is 9.77. The molecular formula is C29H23N5. The molecule has 0 atom stereocenters. The largest absolute Gasteiger partial charge is 0.354 e. The molecule has 164 valence electrons. The quantitative estimate of drug-likeness (QED) is 0.315. The summed E-state index contributed by atoms with van der Waals surface area (Å²) in [7, 11) is 0. The highest BCUT2D eigenvalue weighted by molar-refractivity contribution is 6.09. The van der Waals surface area contributed by atoms with Gasteiger partial charge in [-0.2, -0.15) is 0 Å². The van der Waals surface area contributed by atoms with Crippen LogP contribution < -0.4 is 5.32 Å². The van der Waals surface area contributed by atoms with Crippen LogP contribution >= 0.6 is 0 Å². The van der Waals surface area contributed by atoms with Gasteiger partial charge in [0, 0.05) is 41.9 Å². The van der Waals surface area contributed by atoms with Gasteiger partial charge in [-0.25, -0.2) is 9.97 Å². The molecule has 0 saturated heterocycles. The first-order chi connectivity index (χ1) is 16.9. The minimum atomic E-state index is -0.106. The number of dihydropyridines is 1. The van der Waals surface area contributed by atoms with Crippen molar-refractivity contribution in [2.24, 2.45) is 0 Å². The minimum absolute atomic E-state index is 0.106. The van der Waals surface area contributed by atoms with Crippen molar-refractivity contribution >= 4 is 22.5 Å². The van der Waals surface area contributed by atoms with E-state index in [2.05, 4.69) is 88.1 Å². The van der Waals surface area contributed by atoms with Gasteiger partial charge < -0.3 is 15.3 Å². The second-order valence-electron chi connectivity index (χ2n) is 8.15. The van der Waals surface area contributed by atoms with Crippen LogP contribution in [-0.2, 0) is 0 Å². The van der Waals surface area contributed by atoms with E-state index in [1.165, 1.54) is 5.56 Å². The Labute approximate surface area is 198 Å². The summed E-state index contributed by atoms with van der Waals surface area (Å²) in [6, 6.07) is 31.4. The zero-order chi connectivity index (χ0) is 22.7. The standard InChI is InChI=1S/C29H23N5/c1-4-10-20(11-5-1)23-24(28-30-16-17-31-28)26(21-12-6-2-7-13-21)34-27(22-14-8-3-9-15-22)25(23)29-32-18-19-33-29/h1-19,23,34H,(H,30,31)(H,32,33). The third-order valence-electron chi connectivity index (χ3n) is 6.13. The van der Waals surface area contributed by atoms with Crippen LogP contribution in [0.4, 0.5) is 0 Å². The number of H-pyrrole nitrogens is 2. The van der Waals surface area contributed by atoms with Crippen LogP contribution in [0.25, 0.3) is 22.5 Å². The maximum absolute atomic E-state index is 4.70.